The van der Waals surface area contributed by atoms with Crippen LogP contribution in [0.4, 0.5) is 0 Å². The van der Waals surface area contributed by atoms with Crippen LogP contribution in [0.5, 0.6) is 0 Å². The number of rotatable bonds is 5. The predicted molar refractivity (Wildman–Crippen MR) is 68.0 cm³/mol. The second-order valence-electron chi connectivity index (χ2n) is 5.53. The van der Waals surface area contributed by atoms with Gasteiger partial charge in [0.15, 0.2) is 0 Å². The van der Waals surface area contributed by atoms with Crippen LogP contribution in [0.2, 0.25) is 0 Å². The van der Waals surface area contributed by atoms with Crippen molar-refractivity contribution in [2.24, 2.45) is 11.3 Å². The van der Waals surface area contributed by atoms with E-state index in [4.69, 9.17) is 0 Å². The van der Waals surface area contributed by atoms with Gasteiger partial charge in [-0.25, -0.2) is 0 Å². The zero-order valence-electron chi connectivity index (χ0n) is 10.7. The van der Waals surface area contributed by atoms with E-state index >= 15 is 0 Å². The van der Waals surface area contributed by atoms with E-state index in [0.717, 1.165) is 18.9 Å². The number of hydrogen-bond donors (Lipinski definition) is 1. The van der Waals surface area contributed by atoms with Crippen LogP contribution in [-0.2, 0) is 0 Å². The van der Waals surface area contributed by atoms with Crippen molar-refractivity contribution >= 4 is 0 Å². The minimum Gasteiger partial charge on any atom is -0.314 e. The van der Waals surface area contributed by atoms with Crippen molar-refractivity contribution in [3.05, 3.63) is 12.7 Å². The van der Waals surface area contributed by atoms with Crippen molar-refractivity contribution in [1.82, 2.24) is 5.32 Å². The number of nitrogens with one attached hydrogen (secondary N) is 1. The maximum atomic E-state index is 3.89. The van der Waals surface area contributed by atoms with Gasteiger partial charge in [0, 0.05) is 6.04 Å². The largest absolute Gasteiger partial charge is 0.314 e. The molecule has 1 N–H and O–H groups in total. The molecule has 0 amide bonds. The summed E-state index contributed by atoms with van der Waals surface area (Å²) >= 11 is 0. The van der Waals surface area contributed by atoms with Crippen molar-refractivity contribution in [3.8, 4) is 0 Å². The van der Waals surface area contributed by atoms with E-state index in [1.807, 2.05) is 0 Å². The van der Waals surface area contributed by atoms with Crippen LogP contribution < -0.4 is 5.32 Å². The molecule has 1 heteroatoms. The molecule has 0 radical (unpaired) electrons. The summed E-state index contributed by atoms with van der Waals surface area (Å²) in [4.78, 5) is 0. The average molecular weight is 209 g/mol. The molecule has 0 aromatic heterocycles. The summed E-state index contributed by atoms with van der Waals surface area (Å²) in [6.07, 6.45) is 8.78. The van der Waals surface area contributed by atoms with E-state index < -0.39 is 0 Å². The van der Waals surface area contributed by atoms with Crippen LogP contribution in [-0.4, -0.2) is 12.6 Å². The highest BCUT2D eigenvalue weighted by Crippen LogP contribution is 2.42. The quantitative estimate of drug-likeness (QED) is 0.680. The first-order valence-corrected chi connectivity index (χ1v) is 6.46. The zero-order valence-corrected chi connectivity index (χ0v) is 10.7. The van der Waals surface area contributed by atoms with E-state index in [1.54, 1.807) is 0 Å². The Morgan fingerprint density at radius 1 is 1.47 bits per heavy atom. The van der Waals surface area contributed by atoms with E-state index in [-0.39, 0.29) is 0 Å². The van der Waals surface area contributed by atoms with Gasteiger partial charge in [0.25, 0.3) is 0 Å². The zero-order chi connectivity index (χ0) is 11.3. The Bertz CT molecular complexity index is 196. The van der Waals surface area contributed by atoms with Gasteiger partial charge < -0.3 is 5.32 Å². The van der Waals surface area contributed by atoms with Gasteiger partial charge in [-0.1, -0.05) is 39.7 Å². The van der Waals surface area contributed by atoms with Crippen molar-refractivity contribution < 1.29 is 0 Å². The fraction of sp³-hybridized carbons (Fsp3) is 0.857. The maximum absolute atomic E-state index is 3.89. The summed E-state index contributed by atoms with van der Waals surface area (Å²) in [6, 6.07) is 0.641. The molecular formula is C14H27N. The lowest BCUT2D eigenvalue weighted by Crippen LogP contribution is -2.44. The summed E-state index contributed by atoms with van der Waals surface area (Å²) in [6.45, 7) is 12.0. The van der Waals surface area contributed by atoms with Gasteiger partial charge in [0.1, 0.15) is 0 Å². The molecule has 15 heavy (non-hydrogen) atoms. The first-order valence-electron chi connectivity index (χ1n) is 6.46. The molecule has 1 saturated carbocycles. The van der Waals surface area contributed by atoms with Crippen LogP contribution >= 0.6 is 0 Å². The van der Waals surface area contributed by atoms with E-state index in [0.29, 0.717) is 11.5 Å². The van der Waals surface area contributed by atoms with E-state index in [2.05, 4.69) is 38.7 Å². The fourth-order valence-corrected chi connectivity index (χ4v) is 3.10. The lowest BCUT2D eigenvalue weighted by atomic mass is 9.65. The van der Waals surface area contributed by atoms with E-state index in [1.165, 1.54) is 25.7 Å². The Labute approximate surface area is 95.3 Å². The minimum absolute atomic E-state index is 0.508. The molecule has 0 aliphatic heterocycles. The molecular weight excluding hydrogens is 182 g/mol. The van der Waals surface area contributed by atoms with E-state index in [9.17, 15) is 0 Å². The highest BCUT2D eigenvalue weighted by Gasteiger charge is 2.36. The van der Waals surface area contributed by atoms with Crippen LogP contribution in [0.15, 0.2) is 12.7 Å². The lowest BCUT2D eigenvalue weighted by Gasteiger charge is -2.43. The van der Waals surface area contributed by atoms with Gasteiger partial charge >= 0.3 is 0 Å². The lowest BCUT2D eigenvalue weighted by molar-refractivity contribution is 0.0998. The third kappa shape index (κ3) is 3.34. The summed E-state index contributed by atoms with van der Waals surface area (Å²) in [5, 5.41) is 3.64. The first kappa shape index (κ1) is 12.8. The third-order valence-electron chi connectivity index (χ3n) is 3.96. The predicted octanol–water partition coefficient (Wildman–Crippen LogP) is 3.76. The summed E-state index contributed by atoms with van der Waals surface area (Å²) < 4.78 is 0. The third-order valence-corrected chi connectivity index (χ3v) is 3.96. The molecule has 1 nitrogen and oxygen atoms in total. The monoisotopic (exact) mass is 209 g/mol. The molecule has 88 valence electrons. The minimum atomic E-state index is 0.508. The molecule has 0 aromatic carbocycles. The van der Waals surface area contributed by atoms with Crippen molar-refractivity contribution in [2.45, 2.75) is 58.9 Å². The molecule has 0 spiro atoms. The van der Waals surface area contributed by atoms with Crippen molar-refractivity contribution in [3.63, 3.8) is 0 Å². The van der Waals surface area contributed by atoms with Crippen LogP contribution in [0, 0.1) is 11.3 Å². The molecule has 1 rings (SSSR count). The molecule has 0 aromatic rings. The van der Waals surface area contributed by atoms with Crippen LogP contribution in [0.25, 0.3) is 0 Å². The van der Waals surface area contributed by atoms with Gasteiger partial charge in [-0.15, -0.1) is 6.58 Å². The van der Waals surface area contributed by atoms with Gasteiger partial charge in [-0.2, -0.15) is 0 Å². The summed E-state index contributed by atoms with van der Waals surface area (Å²) in [5.41, 5.74) is 0.508. The Balaban J connectivity index is 2.66. The molecule has 1 aliphatic carbocycles. The maximum Gasteiger partial charge on any atom is 0.0135 e. The standard InChI is InChI=1S/C14H27N/c1-5-9-13(15-6-2)12-10-7-8-11-14(12,3)4/h5,12-13,15H,1,6-11H2,2-4H3. The normalized spacial score (nSPS) is 27.3. The molecule has 1 aliphatic rings. The Kier molecular flexibility index (Phi) is 4.85. The van der Waals surface area contributed by atoms with Crippen LogP contribution in [0.3, 0.4) is 0 Å². The van der Waals surface area contributed by atoms with Crippen molar-refractivity contribution in [2.75, 3.05) is 6.54 Å². The first-order chi connectivity index (χ1) is 7.11. The fourth-order valence-electron chi connectivity index (χ4n) is 3.10. The molecule has 2 atom stereocenters. The smallest absolute Gasteiger partial charge is 0.0135 e. The average Bonchev–Trinajstić information content (AvgIpc) is 2.17. The van der Waals surface area contributed by atoms with Gasteiger partial charge in [0.05, 0.1) is 0 Å². The molecule has 0 heterocycles. The highest BCUT2D eigenvalue weighted by molar-refractivity contribution is 4.93. The molecule has 0 saturated heterocycles. The van der Waals surface area contributed by atoms with Crippen LogP contribution in [0.1, 0.15) is 52.9 Å². The Hall–Kier alpha value is -0.300. The van der Waals surface area contributed by atoms with Crippen molar-refractivity contribution in [1.29, 1.82) is 0 Å². The van der Waals surface area contributed by atoms with Gasteiger partial charge in [-0.05, 0) is 37.1 Å². The molecule has 2 unspecified atom stereocenters. The molecule has 0 bridgehead atoms. The molecule has 1 fully saturated rings. The summed E-state index contributed by atoms with van der Waals surface area (Å²) in [7, 11) is 0. The summed E-state index contributed by atoms with van der Waals surface area (Å²) in [5.74, 6) is 0.823. The second-order valence-corrected chi connectivity index (χ2v) is 5.53. The second kappa shape index (κ2) is 5.69. The number of hydrogen-bond acceptors (Lipinski definition) is 1. The topological polar surface area (TPSA) is 12.0 Å². The Morgan fingerprint density at radius 3 is 2.73 bits per heavy atom. The van der Waals surface area contributed by atoms with Gasteiger partial charge in [-0.3, -0.25) is 0 Å². The van der Waals surface area contributed by atoms with Gasteiger partial charge in [0.2, 0.25) is 0 Å². The highest BCUT2D eigenvalue weighted by atomic mass is 14.9. The SMILES string of the molecule is C=CCC(NCC)C1CCCCC1(C)C. The Morgan fingerprint density at radius 2 is 2.20 bits per heavy atom.